The minimum absolute atomic E-state index is 0. The second-order valence-electron chi connectivity index (χ2n) is 11.1. The molecule has 2 heterocycles. The van der Waals surface area contributed by atoms with Crippen LogP contribution in [0.2, 0.25) is 0 Å². The van der Waals surface area contributed by atoms with E-state index in [9.17, 15) is 28.6 Å². The third kappa shape index (κ3) is 8.08. The van der Waals surface area contributed by atoms with Crippen molar-refractivity contribution in [2.45, 2.75) is 77.0 Å². The zero-order valence-electron chi connectivity index (χ0n) is 23.5. The van der Waals surface area contributed by atoms with Gasteiger partial charge in [-0.3, -0.25) is 9.59 Å². The summed E-state index contributed by atoms with van der Waals surface area (Å²) in [7, 11) is 0. The number of carbonyl (C=O) groups is 2. The Kier molecular flexibility index (Phi) is 12.3. The number of carbonyl (C=O) groups excluding carboxylic acids is 1. The number of aliphatic hydroxyl groups is 2. The third-order valence-corrected chi connectivity index (χ3v) is 7.60. The Hall–Kier alpha value is -2.56. The van der Waals surface area contributed by atoms with Crippen molar-refractivity contribution in [2.75, 3.05) is 13.1 Å². The number of aromatic nitrogens is 1. The van der Waals surface area contributed by atoms with Crippen LogP contribution >= 0.6 is 0 Å². The number of amides is 1. The number of hydrogen-bond donors (Lipinski definition) is 3. The number of carboxylic acids is 1. The zero-order valence-corrected chi connectivity index (χ0v) is 23.5. The van der Waals surface area contributed by atoms with Gasteiger partial charge in [0.15, 0.2) is 0 Å². The van der Waals surface area contributed by atoms with Crippen LogP contribution in [-0.2, 0) is 11.2 Å². The molecule has 0 saturated carbocycles. The number of carboxylic acid groups (broad SMARTS) is 1. The zero-order chi connectivity index (χ0) is 29.7. The van der Waals surface area contributed by atoms with Crippen molar-refractivity contribution in [3.05, 3.63) is 71.6 Å². The van der Waals surface area contributed by atoms with Gasteiger partial charge in [0.1, 0.15) is 17.3 Å². The van der Waals surface area contributed by atoms with Gasteiger partial charge in [-0.05, 0) is 87.8 Å². The maximum atomic E-state index is 14.3. The average Bonchev–Trinajstić information content (AvgIpc) is 3.27. The first-order chi connectivity index (χ1) is 19.6. The molecule has 2 aromatic carbocycles. The van der Waals surface area contributed by atoms with E-state index in [2.05, 4.69) is 0 Å². The molecule has 222 valence electrons. The van der Waals surface area contributed by atoms with E-state index in [4.69, 9.17) is 5.11 Å². The molecule has 1 aliphatic heterocycles. The summed E-state index contributed by atoms with van der Waals surface area (Å²) < 4.78 is 30.0. The Labute approximate surface area is 267 Å². The molecule has 10 heteroatoms. The fourth-order valence-corrected chi connectivity index (χ4v) is 5.76. The first-order valence-corrected chi connectivity index (χ1v) is 14.2. The molecule has 1 aromatic heterocycles. The summed E-state index contributed by atoms with van der Waals surface area (Å²) in [6, 6.07) is 11.8. The van der Waals surface area contributed by atoms with Crippen molar-refractivity contribution in [1.82, 2.24) is 9.47 Å². The van der Waals surface area contributed by atoms with Gasteiger partial charge in [-0.1, -0.05) is 24.3 Å². The standard InChI is InChI=1S/C32H38F2N2O5.Na.H/c1-20(2)36-27(15-14-25(37)18-26(38)19-28(39)40)29(21-6-10-23(33)11-7-21)30(22-8-12-24(34)13-9-22)31(36)32(41)35-16-4-3-5-17-35;;/h6-13,20,25-26,37-38H,3-5,14-19H2,1-2H3,(H,39,40);;/t25-,26-;;/m1../s1. The fourth-order valence-electron chi connectivity index (χ4n) is 5.76. The maximum absolute atomic E-state index is 14.3. The van der Waals surface area contributed by atoms with Crippen LogP contribution in [0.3, 0.4) is 0 Å². The van der Waals surface area contributed by atoms with E-state index >= 15 is 0 Å². The number of halogens is 2. The molecule has 7 nitrogen and oxygen atoms in total. The van der Waals surface area contributed by atoms with Crippen molar-refractivity contribution in [3.63, 3.8) is 0 Å². The number of aliphatic carboxylic acids is 1. The van der Waals surface area contributed by atoms with E-state index in [-0.39, 0.29) is 54.3 Å². The fraction of sp³-hybridized carbons (Fsp3) is 0.438. The van der Waals surface area contributed by atoms with Gasteiger partial charge in [0.25, 0.3) is 5.91 Å². The third-order valence-electron chi connectivity index (χ3n) is 7.60. The molecule has 1 aliphatic rings. The van der Waals surface area contributed by atoms with Gasteiger partial charge in [-0.25, -0.2) is 8.78 Å². The van der Waals surface area contributed by atoms with Gasteiger partial charge in [0, 0.05) is 36.0 Å². The van der Waals surface area contributed by atoms with Crippen LogP contribution in [0.1, 0.15) is 74.6 Å². The molecule has 1 saturated heterocycles. The normalized spacial score (nSPS) is 14.9. The Morgan fingerprint density at radius 1 is 0.833 bits per heavy atom. The monoisotopic (exact) mass is 592 g/mol. The molecular formula is C32H39F2N2NaO5. The van der Waals surface area contributed by atoms with Crippen LogP contribution in [0.5, 0.6) is 0 Å². The van der Waals surface area contributed by atoms with E-state index in [1.165, 1.54) is 24.3 Å². The molecule has 0 unspecified atom stereocenters. The summed E-state index contributed by atoms with van der Waals surface area (Å²) in [6.45, 7) is 5.19. The van der Waals surface area contributed by atoms with Gasteiger partial charge < -0.3 is 24.8 Å². The SMILES string of the molecule is CC(C)n1c(CC[C@@H](O)C[C@@H](O)CC(=O)O)c(-c2ccc(F)cc2)c(-c2ccc(F)cc2)c1C(=O)N1CCCCC1.[NaH]. The molecular weight excluding hydrogens is 553 g/mol. The molecule has 0 bridgehead atoms. The number of aliphatic hydroxyl groups excluding tert-OH is 2. The van der Waals surface area contributed by atoms with Crippen LogP contribution in [-0.4, -0.2) is 91.5 Å². The predicted molar refractivity (Wildman–Crippen MR) is 160 cm³/mol. The van der Waals surface area contributed by atoms with Crippen LogP contribution in [0.25, 0.3) is 22.3 Å². The molecule has 0 radical (unpaired) electrons. The van der Waals surface area contributed by atoms with Gasteiger partial charge in [-0.15, -0.1) is 0 Å². The summed E-state index contributed by atoms with van der Waals surface area (Å²) in [4.78, 5) is 27.1. The van der Waals surface area contributed by atoms with Crippen molar-refractivity contribution >= 4 is 41.4 Å². The van der Waals surface area contributed by atoms with Crippen molar-refractivity contribution < 1.29 is 33.7 Å². The molecule has 1 fully saturated rings. The number of rotatable bonds is 11. The summed E-state index contributed by atoms with van der Waals surface area (Å²) in [5.74, 6) is -2.10. The van der Waals surface area contributed by atoms with Gasteiger partial charge in [0.2, 0.25) is 0 Å². The number of nitrogens with zero attached hydrogens (tertiary/aromatic N) is 2. The van der Waals surface area contributed by atoms with Crippen molar-refractivity contribution in [3.8, 4) is 22.3 Å². The Bertz CT molecular complexity index is 1350. The average molecular weight is 593 g/mol. The summed E-state index contributed by atoms with van der Waals surface area (Å²) >= 11 is 0. The van der Waals surface area contributed by atoms with Crippen molar-refractivity contribution in [1.29, 1.82) is 0 Å². The molecule has 4 rings (SSSR count). The molecule has 0 aliphatic carbocycles. The first kappa shape index (κ1) is 33.9. The molecule has 42 heavy (non-hydrogen) atoms. The Balaban J connectivity index is 0.00000484. The van der Waals surface area contributed by atoms with E-state index < -0.39 is 36.2 Å². The molecule has 3 N–H and O–H groups in total. The number of likely N-dealkylation sites (tertiary alicyclic amines) is 1. The van der Waals surface area contributed by atoms with E-state index in [0.717, 1.165) is 25.0 Å². The summed E-state index contributed by atoms with van der Waals surface area (Å²) in [5, 5.41) is 29.8. The van der Waals surface area contributed by atoms with Gasteiger partial charge in [-0.2, -0.15) is 0 Å². The van der Waals surface area contributed by atoms with Gasteiger partial charge >= 0.3 is 35.5 Å². The number of hydrogen-bond acceptors (Lipinski definition) is 4. The van der Waals surface area contributed by atoms with Gasteiger partial charge in [0.05, 0.1) is 18.6 Å². The molecule has 3 aromatic rings. The predicted octanol–water partition coefficient (Wildman–Crippen LogP) is 5.18. The second-order valence-corrected chi connectivity index (χ2v) is 11.1. The minimum atomic E-state index is -1.19. The van der Waals surface area contributed by atoms with Crippen LogP contribution < -0.4 is 0 Å². The van der Waals surface area contributed by atoms with E-state index in [1.807, 2.05) is 23.3 Å². The Morgan fingerprint density at radius 3 is 1.86 bits per heavy atom. The summed E-state index contributed by atoms with van der Waals surface area (Å²) in [5.41, 5.74) is 3.85. The molecule has 0 spiro atoms. The molecule has 2 atom stereocenters. The summed E-state index contributed by atoms with van der Waals surface area (Å²) in [6.07, 6.45) is 0.602. The van der Waals surface area contributed by atoms with Crippen molar-refractivity contribution in [2.24, 2.45) is 0 Å². The van der Waals surface area contributed by atoms with E-state index in [1.54, 1.807) is 24.3 Å². The van der Waals surface area contributed by atoms with Crippen LogP contribution in [0.15, 0.2) is 48.5 Å². The van der Waals surface area contributed by atoms with Crippen LogP contribution in [0, 0.1) is 11.6 Å². The first-order valence-electron chi connectivity index (χ1n) is 14.2. The Morgan fingerprint density at radius 2 is 1.36 bits per heavy atom. The molecule has 1 amide bonds. The number of benzene rings is 2. The topological polar surface area (TPSA) is 103 Å². The van der Waals surface area contributed by atoms with Crippen LogP contribution in [0.4, 0.5) is 8.78 Å². The second kappa shape index (κ2) is 15.3. The van der Waals surface area contributed by atoms with E-state index in [0.29, 0.717) is 47.5 Å². The number of piperidine rings is 1. The quantitative estimate of drug-likeness (QED) is 0.267.